The quantitative estimate of drug-likeness (QED) is 0.706. The number of hydrogen-bond acceptors (Lipinski definition) is 1. The van der Waals surface area contributed by atoms with Gasteiger partial charge in [-0.15, -0.1) is 13.1 Å². The summed E-state index contributed by atoms with van der Waals surface area (Å²) in [5, 5.41) is 9.47. The van der Waals surface area contributed by atoms with E-state index in [2.05, 4.69) is 16.0 Å². The molecule has 1 atom stereocenters. The molecule has 2 amide bonds. The molecule has 13 heavy (non-hydrogen) atoms. The molecule has 1 rings (SSSR count). The molecule has 5 heteroatoms. The maximum atomic E-state index is 10.7. The van der Waals surface area contributed by atoms with Gasteiger partial charge in [0.1, 0.15) is 0 Å². The Kier molecular flexibility index (Phi) is 10.1. The van der Waals surface area contributed by atoms with Crippen LogP contribution in [-0.2, 0) is 21.1 Å². The van der Waals surface area contributed by atoms with Crippen molar-refractivity contribution in [3.05, 3.63) is 12.7 Å². The van der Waals surface area contributed by atoms with E-state index in [0.717, 1.165) is 26.1 Å². The second-order valence-electron chi connectivity index (χ2n) is 2.74. The number of rotatable bonds is 2. The SMILES string of the molecule is CNC(=O)NCC1CC[N-]C1.[CH3-].[W+2]. The van der Waals surface area contributed by atoms with Gasteiger partial charge in [0.15, 0.2) is 0 Å². The first kappa shape index (κ1) is 15.4. The van der Waals surface area contributed by atoms with Crippen LogP contribution in [0.2, 0.25) is 0 Å². The van der Waals surface area contributed by atoms with Gasteiger partial charge in [-0.2, -0.15) is 0 Å². The Hall–Kier alpha value is -0.0817. The van der Waals surface area contributed by atoms with E-state index in [9.17, 15) is 4.79 Å². The number of carbonyl (C=O) groups is 1. The molecule has 0 aliphatic carbocycles. The van der Waals surface area contributed by atoms with E-state index in [1.807, 2.05) is 0 Å². The van der Waals surface area contributed by atoms with Gasteiger partial charge in [0.05, 0.1) is 0 Å². The minimum Gasteiger partial charge on any atom is -0.662 e. The van der Waals surface area contributed by atoms with Crippen LogP contribution in [-0.4, -0.2) is 32.7 Å². The first-order valence-electron chi connectivity index (χ1n) is 3.91. The van der Waals surface area contributed by atoms with Crippen molar-refractivity contribution in [3.63, 3.8) is 0 Å². The van der Waals surface area contributed by atoms with E-state index in [4.69, 9.17) is 0 Å². The standard InChI is InChI=1S/C7H14N3O.CH3.W/c1-8-7(11)10-5-6-2-3-9-4-6;;/h6H,2-5H2,1H3,(H2,8,10,11);1H3;/q2*-1;+2. The molecule has 0 aromatic rings. The molecule has 4 nitrogen and oxygen atoms in total. The molecule has 0 aromatic heterocycles. The third-order valence-corrected chi connectivity index (χ3v) is 1.86. The van der Waals surface area contributed by atoms with Crippen LogP contribution in [0.15, 0.2) is 0 Å². The average Bonchev–Trinajstić information content (AvgIpc) is 2.52. The summed E-state index contributed by atoms with van der Waals surface area (Å²) in [6.45, 7) is 2.62. The summed E-state index contributed by atoms with van der Waals surface area (Å²) >= 11 is 0. The zero-order chi connectivity index (χ0) is 8.10. The molecule has 1 fully saturated rings. The van der Waals surface area contributed by atoms with Crippen LogP contribution in [0.5, 0.6) is 0 Å². The molecule has 0 spiro atoms. The fourth-order valence-corrected chi connectivity index (χ4v) is 1.13. The molecule has 0 saturated carbocycles. The zero-order valence-corrected chi connectivity index (χ0v) is 11.1. The Morgan fingerprint density at radius 2 is 2.31 bits per heavy atom. The number of amides is 2. The van der Waals surface area contributed by atoms with Crippen molar-refractivity contribution in [1.29, 1.82) is 0 Å². The van der Waals surface area contributed by atoms with Crippen LogP contribution in [0.25, 0.3) is 5.32 Å². The second kappa shape index (κ2) is 8.51. The minimum atomic E-state index is -0.100. The Morgan fingerprint density at radius 1 is 1.62 bits per heavy atom. The van der Waals surface area contributed by atoms with Gasteiger partial charge in [-0.1, -0.05) is 6.42 Å². The van der Waals surface area contributed by atoms with Crippen LogP contribution >= 0.6 is 0 Å². The fourth-order valence-electron chi connectivity index (χ4n) is 1.13. The second-order valence-corrected chi connectivity index (χ2v) is 2.74. The Labute approximate surface area is 94.5 Å². The monoisotopic (exact) mass is 355 g/mol. The largest absolute Gasteiger partial charge is 2.00 e. The molecule has 1 aliphatic heterocycles. The van der Waals surface area contributed by atoms with Crippen LogP contribution in [0.1, 0.15) is 6.42 Å². The number of nitrogens with one attached hydrogen (secondary N) is 2. The molecule has 1 aliphatic rings. The number of carbonyl (C=O) groups excluding carboxylic acids is 1. The van der Waals surface area contributed by atoms with Crippen molar-refractivity contribution in [3.8, 4) is 0 Å². The van der Waals surface area contributed by atoms with E-state index in [1.54, 1.807) is 7.05 Å². The van der Waals surface area contributed by atoms with Crippen LogP contribution in [0, 0.1) is 13.3 Å². The van der Waals surface area contributed by atoms with Crippen LogP contribution < -0.4 is 10.6 Å². The zero-order valence-electron chi connectivity index (χ0n) is 8.17. The summed E-state index contributed by atoms with van der Waals surface area (Å²) < 4.78 is 0. The molecule has 0 aromatic carbocycles. The Bertz CT molecular complexity index is 137. The van der Waals surface area contributed by atoms with Crippen molar-refractivity contribution < 1.29 is 25.9 Å². The van der Waals surface area contributed by atoms with Gasteiger partial charge in [-0.3, -0.25) is 0 Å². The maximum absolute atomic E-state index is 10.7. The summed E-state index contributed by atoms with van der Waals surface area (Å²) in [6.07, 6.45) is 1.12. The molecule has 1 unspecified atom stereocenters. The van der Waals surface area contributed by atoms with Crippen LogP contribution in [0.3, 0.4) is 0 Å². The van der Waals surface area contributed by atoms with Crippen molar-refractivity contribution in [2.24, 2.45) is 5.92 Å². The summed E-state index contributed by atoms with van der Waals surface area (Å²) in [5.74, 6) is 0.562. The molecule has 1 saturated heterocycles. The van der Waals surface area contributed by atoms with Crippen molar-refractivity contribution in [1.82, 2.24) is 10.6 Å². The van der Waals surface area contributed by atoms with Crippen molar-refractivity contribution in [2.45, 2.75) is 6.42 Å². The summed E-state index contributed by atoms with van der Waals surface area (Å²) in [6, 6.07) is -0.100. The van der Waals surface area contributed by atoms with E-state index in [1.165, 1.54) is 0 Å². The average molecular weight is 355 g/mol. The molecular formula is C8H17N3OW. The van der Waals surface area contributed by atoms with E-state index in [0.29, 0.717) is 5.92 Å². The summed E-state index contributed by atoms with van der Waals surface area (Å²) in [5.41, 5.74) is 0. The first-order chi connectivity index (χ1) is 5.33. The van der Waals surface area contributed by atoms with Gasteiger partial charge < -0.3 is 23.4 Å². The van der Waals surface area contributed by atoms with E-state index < -0.39 is 0 Å². The molecular weight excluding hydrogens is 338 g/mol. The molecule has 0 bridgehead atoms. The molecule has 76 valence electrons. The predicted molar refractivity (Wildman–Crippen MR) is 50.1 cm³/mol. The molecule has 0 radical (unpaired) electrons. The van der Waals surface area contributed by atoms with Crippen molar-refractivity contribution in [2.75, 3.05) is 26.7 Å². The van der Waals surface area contributed by atoms with Crippen molar-refractivity contribution >= 4 is 6.03 Å². The number of hydrogen-bond donors (Lipinski definition) is 2. The summed E-state index contributed by atoms with van der Waals surface area (Å²) in [7, 11) is 1.62. The van der Waals surface area contributed by atoms with Gasteiger partial charge in [0, 0.05) is 13.6 Å². The Morgan fingerprint density at radius 3 is 2.77 bits per heavy atom. The van der Waals surface area contributed by atoms with E-state index in [-0.39, 0.29) is 34.5 Å². The fraction of sp³-hybridized carbons (Fsp3) is 0.750. The topological polar surface area (TPSA) is 55.2 Å². The Balaban J connectivity index is 0. The van der Waals surface area contributed by atoms with Gasteiger partial charge >= 0.3 is 27.1 Å². The van der Waals surface area contributed by atoms with Gasteiger partial charge in [-0.25, -0.2) is 4.79 Å². The minimum absolute atomic E-state index is 0. The van der Waals surface area contributed by atoms with Gasteiger partial charge in [-0.05, 0) is 5.92 Å². The van der Waals surface area contributed by atoms with Crippen LogP contribution in [0.4, 0.5) is 4.79 Å². The van der Waals surface area contributed by atoms with E-state index >= 15 is 0 Å². The normalized spacial score (nSPS) is 19.6. The summed E-state index contributed by atoms with van der Waals surface area (Å²) in [4.78, 5) is 10.7. The van der Waals surface area contributed by atoms with Gasteiger partial charge in [0.2, 0.25) is 0 Å². The smallest absolute Gasteiger partial charge is 0.662 e. The van der Waals surface area contributed by atoms with Gasteiger partial charge in [0.25, 0.3) is 0 Å². The maximum Gasteiger partial charge on any atom is 2.00 e. The predicted octanol–water partition coefficient (Wildman–Crippen LogP) is 0.757. The molecule has 2 N–H and O–H groups in total. The third kappa shape index (κ3) is 6.05. The third-order valence-electron chi connectivity index (χ3n) is 1.86. The first-order valence-corrected chi connectivity index (χ1v) is 3.91. The number of urea groups is 1. The molecule has 1 heterocycles. The number of nitrogens with zero attached hydrogens (tertiary/aromatic N) is 1.